The van der Waals surface area contributed by atoms with Crippen molar-refractivity contribution >= 4 is 5.97 Å². The maximum absolute atomic E-state index is 11.2. The second kappa shape index (κ2) is 6.70. The second-order valence-electron chi connectivity index (χ2n) is 4.01. The lowest BCUT2D eigenvalue weighted by Gasteiger charge is -2.02. The van der Waals surface area contributed by atoms with Crippen molar-refractivity contribution in [3.63, 3.8) is 0 Å². The molecular weight excluding hydrogens is 244 g/mol. The molecule has 0 amide bonds. The van der Waals surface area contributed by atoms with Crippen LogP contribution in [0.25, 0.3) is 0 Å². The average Bonchev–Trinajstić information content (AvgIpc) is 2.93. The van der Waals surface area contributed by atoms with Crippen LogP contribution < -0.4 is 5.32 Å². The Morgan fingerprint density at radius 3 is 3.00 bits per heavy atom. The largest absolute Gasteiger partial charge is 0.463 e. The number of carbonyl (C=O) groups is 1. The van der Waals surface area contributed by atoms with Crippen molar-refractivity contribution in [1.29, 1.82) is 0 Å². The standard InChI is InChI=1S/C14H16N2O3/c1-18-14(17)13-6-5-12(19-13)10-15-9-7-11-4-2-3-8-16-11/h2-6,8,15H,7,9-10H2,1H3. The van der Waals surface area contributed by atoms with Crippen LogP contribution in [0.1, 0.15) is 22.0 Å². The Morgan fingerprint density at radius 1 is 1.37 bits per heavy atom. The van der Waals surface area contributed by atoms with Gasteiger partial charge >= 0.3 is 5.97 Å². The maximum Gasteiger partial charge on any atom is 0.373 e. The van der Waals surface area contributed by atoms with E-state index in [0.29, 0.717) is 12.3 Å². The molecule has 2 rings (SSSR count). The summed E-state index contributed by atoms with van der Waals surface area (Å²) in [6, 6.07) is 9.23. The summed E-state index contributed by atoms with van der Waals surface area (Å²) >= 11 is 0. The third-order valence-corrected chi connectivity index (χ3v) is 2.63. The van der Waals surface area contributed by atoms with Gasteiger partial charge in [-0.15, -0.1) is 0 Å². The van der Waals surface area contributed by atoms with Crippen LogP contribution in [0.5, 0.6) is 0 Å². The molecule has 0 aliphatic rings. The quantitative estimate of drug-likeness (QED) is 0.633. The van der Waals surface area contributed by atoms with Gasteiger partial charge in [-0.3, -0.25) is 4.98 Å². The number of furan rings is 1. The van der Waals surface area contributed by atoms with Crippen molar-refractivity contribution < 1.29 is 13.9 Å². The van der Waals surface area contributed by atoms with E-state index in [1.807, 2.05) is 18.2 Å². The Balaban J connectivity index is 1.74. The molecule has 0 unspecified atom stereocenters. The number of esters is 1. The first-order valence-corrected chi connectivity index (χ1v) is 6.07. The van der Waals surface area contributed by atoms with E-state index in [1.165, 1.54) is 7.11 Å². The van der Waals surface area contributed by atoms with Gasteiger partial charge in [-0.1, -0.05) is 6.07 Å². The van der Waals surface area contributed by atoms with E-state index in [0.717, 1.165) is 18.7 Å². The molecular formula is C14H16N2O3. The van der Waals surface area contributed by atoms with Crippen LogP contribution in [0, 0.1) is 0 Å². The lowest BCUT2D eigenvalue weighted by atomic mass is 10.3. The number of methoxy groups -OCH3 is 1. The second-order valence-corrected chi connectivity index (χ2v) is 4.01. The van der Waals surface area contributed by atoms with Gasteiger partial charge in [0.05, 0.1) is 13.7 Å². The molecule has 0 bridgehead atoms. The summed E-state index contributed by atoms with van der Waals surface area (Å²) < 4.78 is 9.91. The molecule has 1 N–H and O–H groups in total. The molecule has 2 aromatic heterocycles. The number of nitrogens with zero attached hydrogens (tertiary/aromatic N) is 1. The SMILES string of the molecule is COC(=O)c1ccc(CNCCc2ccccn2)o1. The average molecular weight is 260 g/mol. The molecule has 0 aromatic carbocycles. The molecule has 0 fully saturated rings. The predicted molar refractivity (Wildman–Crippen MR) is 69.7 cm³/mol. The lowest BCUT2D eigenvalue weighted by molar-refractivity contribution is 0.0563. The molecule has 2 heterocycles. The van der Waals surface area contributed by atoms with E-state index in [2.05, 4.69) is 15.0 Å². The van der Waals surface area contributed by atoms with Crippen LogP contribution in [-0.4, -0.2) is 24.6 Å². The van der Waals surface area contributed by atoms with Gasteiger partial charge in [-0.2, -0.15) is 0 Å². The normalized spacial score (nSPS) is 10.4. The minimum absolute atomic E-state index is 0.226. The van der Waals surface area contributed by atoms with Gasteiger partial charge in [0.2, 0.25) is 5.76 Å². The fourth-order valence-electron chi connectivity index (χ4n) is 1.66. The van der Waals surface area contributed by atoms with Crippen LogP contribution in [0.2, 0.25) is 0 Å². The first-order valence-electron chi connectivity index (χ1n) is 6.07. The minimum Gasteiger partial charge on any atom is -0.463 e. The highest BCUT2D eigenvalue weighted by Gasteiger charge is 2.10. The van der Waals surface area contributed by atoms with E-state index in [1.54, 1.807) is 18.3 Å². The zero-order valence-electron chi connectivity index (χ0n) is 10.8. The highest BCUT2D eigenvalue weighted by molar-refractivity contribution is 5.86. The lowest BCUT2D eigenvalue weighted by Crippen LogP contribution is -2.16. The molecule has 19 heavy (non-hydrogen) atoms. The minimum atomic E-state index is -0.459. The van der Waals surface area contributed by atoms with Crippen molar-refractivity contribution in [3.05, 3.63) is 53.7 Å². The van der Waals surface area contributed by atoms with Gasteiger partial charge in [0, 0.05) is 24.9 Å². The van der Waals surface area contributed by atoms with Gasteiger partial charge in [-0.05, 0) is 24.3 Å². The highest BCUT2D eigenvalue weighted by Crippen LogP contribution is 2.08. The molecule has 0 radical (unpaired) electrons. The fourth-order valence-corrected chi connectivity index (χ4v) is 1.66. The summed E-state index contributed by atoms with van der Waals surface area (Å²) in [5.74, 6) is 0.477. The number of hydrogen-bond donors (Lipinski definition) is 1. The van der Waals surface area contributed by atoms with Crippen molar-refractivity contribution in [1.82, 2.24) is 10.3 Å². The van der Waals surface area contributed by atoms with Crippen LogP contribution in [0.4, 0.5) is 0 Å². The molecule has 0 aliphatic heterocycles. The van der Waals surface area contributed by atoms with Crippen molar-refractivity contribution in [2.24, 2.45) is 0 Å². The highest BCUT2D eigenvalue weighted by atomic mass is 16.5. The topological polar surface area (TPSA) is 64.4 Å². The Bertz CT molecular complexity index is 522. The predicted octanol–water partition coefficient (Wildman–Crippen LogP) is 1.79. The number of rotatable bonds is 6. The van der Waals surface area contributed by atoms with E-state index < -0.39 is 5.97 Å². The molecule has 0 atom stereocenters. The Hall–Kier alpha value is -2.14. The number of pyridine rings is 1. The zero-order chi connectivity index (χ0) is 13.5. The van der Waals surface area contributed by atoms with E-state index >= 15 is 0 Å². The summed E-state index contributed by atoms with van der Waals surface area (Å²) in [6.07, 6.45) is 2.63. The summed E-state index contributed by atoms with van der Waals surface area (Å²) in [5.41, 5.74) is 1.05. The molecule has 5 heteroatoms. The molecule has 0 spiro atoms. The van der Waals surface area contributed by atoms with Crippen molar-refractivity contribution in [2.75, 3.05) is 13.7 Å². The van der Waals surface area contributed by atoms with E-state index in [9.17, 15) is 4.79 Å². The van der Waals surface area contributed by atoms with Crippen LogP contribution in [-0.2, 0) is 17.7 Å². The molecule has 100 valence electrons. The Morgan fingerprint density at radius 2 is 2.26 bits per heavy atom. The summed E-state index contributed by atoms with van der Waals surface area (Å²) in [6.45, 7) is 1.37. The number of carbonyl (C=O) groups excluding carboxylic acids is 1. The van der Waals surface area contributed by atoms with Gasteiger partial charge in [0.15, 0.2) is 0 Å². The molecule has 0 saturated carbocycles. The zero-order valence-corrected chi connectivity index (χ0v) is 10.8. The van der Waals surface area contributed by atoms with Crippen LogP contribution in [0.15, 0.2) is 40.9 Å². The fraction of sp³-hybridized carbons (Fsp3) is 0.286. The van der Waals surface area contributed by atoms with Gasteiger partial charge in [0.1, 0.15) is 5.76 Å². The van der Waals surface area contributed by atoms with Gasteiger partial charge in [-0.25, -0.2) is 4.79 Å². The summed E-state index contributed by atoms with van der Waals surface area (Å²) in [5, 5.41) is 3.23. The smallest absolute Gasteiger partial charge is 0.373 e. The third-order valence-electron chi connectivity index (χ3n) is 2.63. The number of nitrogens with one attached hydrogen (secondary N) is 1. The van der Waals surface area contributed by atoms with Crippen LogP contribution >= 0.6 is 0 Å². The van der Waals surface area contributed by atoms with Crippen molar-refractivity contribution in [3.8, 4) is 0 Å². The number of ether oxygens (including phenoxy) is 1. The molecule has 2 aromatic rings. The Labute approximate surface area is 111 Å². The van der Waals surface area contributed by atoms with E-state index in [4.69, 9.17) is 4.42 Å². The first-order chi connectivity index (χ1) is 9.29. The Kier molecular flexibility index (Phi) is 4.69. The third kappa shape index (κ3) is 3.93. The molecule has 0 saturated heterocycles. The maximum atomic E-state index is 11.2. The van der Waals surface area contributed by atoms with Crippen molar-refractivity contribution in [2.45, 2.75) is 13.0 Å². The molecule has 5 nitrogen and oxygen atoms in total. The van der Waals surface area contributed by atoms with E-state index in [-0.39, 0.29) is 5.76 Å². The first kappa shape index (κ1) is 13.3. The van der Waals surface area contributed by atoms with Gasteiger partial charge < -0.3 is 14.5 Å². The summed E-state index contributed by atoms with van der Waals surface area (Å²) in [4.78, 5) is 15.4. The number of aromatic nitrogens is 1. The van der Waals surface area contributed by atoms with Gasteiger partial charge in [0.25, 0.3) is 0 Å². The summed E-state index contributed by atoms with van der Waals surface area (Å²) in [7, 11) is 1.33. The molecule has 0 aliphatic carbocycles. The number of hydrogen-bond acceptors (Lipinski definition) is 5. The van der Waals surface area contributed by atoms with Crippen LogP contribution in [0.3, 0.4) is 0 Å². The monoisotopic (exact) mass is 260 g/mol.